The van der Waals surface area contributed by atoms with Crippen molar-refractivity contribution in [3.05, 3.63) is 212 Å². The van der Waals surface area contributed by atoms with Crippen LogP contribution in [0.25, 0.3) is 0 Å². The van der Waals surface area contributed by atoms with Crippen LogP contribution in [0, 0.1) is 0 Å². The Labute approximate surface area is 372 Å². The van der Waals surface area contributed by atoms with E-state index < -0.39 is 50.4 Å². The molecular formula is C51H62O4Si6. The standard InChI is InChI=1S/C33H34O2Si3.C18H28O2Si3/c1-36(29-19-9-4-10-20-29,30-21-11-5-12-22-30)34-38(3,33-27-17-8-18-28-33)35-37(2,31-23-13-6-14-24-31)32-25-15-7-16-26-32;1-21(2,3)19-23(20-22(4,5)6,17-13-9-7-10-14-17)18-15-11-8-12-16-18/h4-28H,1-3H3;7-16H,1-6H3. The van der Waals surface area contributed by atoms with Crippen LogP contribution in [0.3, 0.4) is 0 Å². The van der Waals surface area contributed by atoms with Gasteiger partial charge in [0.2, 0.25) is 16.6 Å². The Hall–Kier alpha value is -4.32. The molecule has 0 bridgehead atoms. The smallest absolute Gasteiger partial charge is 0.386 e. The summed E-state index contributed by atoms with van der Waals surface area (Å²) in [4.78, 5) is 0. The molecule has 0 amide bonds. The van der Waals surface area contributed by atoms with Crippen LogP contribution < -0.4 is 36.3 Å². The van der Waals surface area contributed by atoms with Crippen molar-refractivity contribution in [1.82, 2.24) is 0 Å². The van der Waals surface area contributed by atoms with E-state index in [1.807, 2.05) is 0 Å². The molecule has 10 heteroatoms. The normalized spacial score (nSPS) is 12.6. The van der Waals surface area contributed by atoms with Crippen LogP contribution in [0.5, 0.6) is 0 Å². The number of hydrogen-bond acceptors (Lipinski definition) is 4. The largest absolute Gasteiger partial charge is 0.430 e. The third kappa shape index (κ3) is 11.6. The molecule has 314 valence electrons. The maximum atomic E-state index is 7.61. The van der Waals surface area contributed by atoms with Crippen LogP contribution in [-0.4, -0.2) is 50.4 Å². The molecule has 4 nitrogen and oxygen atoms in total. The van der Waals surface area contributed by atoms with Gasteiger partial charge in [-0.1, -0.05) is 212 Å². The number of benzene rings is 7. The third-order valence-corrected chi connectivity index (χ3v) is 33.5. The molecule has 7 aromatic rings. The lowest BCUT2D eigenvalue weighted by atomic mass is 10.4. The summed E-state index contributed by atoms with van der Waals surface area (Å²) in [5.74, 6) is 0. The predicted molar refractivity (Wildman–Crippen MR) is 274 cm³/mol. The van der Waals surface area contributed by atoms with Crippen LogP contribution in [0.4, 0.5) is 0 Å². The summed E-state index contributed by atoms with van der Waals surface area (Å²) in [5, 5.41) is 8.53. The first-order valence-electron chi connectivity index (χ1n) is 21.3. The minimum Gasteiger partial charge on any atom is -0.430 e. The van der Waals surface area contributed by atoms with Gasteiger partial charge in [-0.25, -0.2) is 0 Å². The van der Waals surface area contributed by atoms with Gasteiger partial charge in [-0.15, -0.1) is 0 Å². The summed E-state index contributed by atoms with van der Waals surface area (Å²) >= 11 is 0. The average Bonchev–Trinajstić information content (AvgIpc) is 3.27. The van der Waals surface area contributed by atoms with Crippen LogP contribution in [-0.2, 0) is 16.5 Å². The van der Waals surface area contributed by atoms with E-state index in [9.17, 15) is 0 Å². The lowest BCUT2D eigenvalue weighted by Gasteiger charge is -2.43. The van der Waals surface area contributed by atoms with Crippen molar-refractivity contribution in [3.63, 3.8) is 0 Å². The SMILES string of the molecule is C[Si](C)(C)O[Si](O[Si](C)(C)C)(c1ccccc1)c1ccccc1.C[Si](O[Si](C)(c1ccccc1)c1ccccc1)(O[Si](C)(c1ccccc1)c1ccccc1)c1ccccc1. The van der Waals surface area contributed by atoms with Crippen molar-refractivity contribution in [1.29, 1.82) is 0 Å². The summed E-state index contributed by atoms with van der Waals surface area (Å²) in [6.45, 7) is 20.3. The molecule has 0 heterocycles. The average molecular weight is 908 g/mol. The van der Waals surface area contributed by atoms with Crippen molar-refractivity contribution in [3.8, 4) is 0 Å². The van der Waals surface area contributed by atoms with E-state index >= 15 is 0 Å². The van der Waals surface area contributed by atoms with Gasteiger partial charge in [-0.3, -0.25) is 0 Å². The summed E-state index contributed by atoms with van der Waals surface area (Å²) in [6.07, 6.45) is 0. The highest BCUT2D eigenvalue weighted by molar-refractivity contribution is 7.07. The molecule has 0 atom stereocenters. The zero-order valence-corrected chi connectivity index (χ0v) is 43.3. The van der Waals surface area contributed by atoms with E-state index in [1.165, 1.54) is 31.1 Å². The third-order valence-electron chi connectivity index (χ3n) is 10.6. The molecule has 0 unspecified atom stereocenters. The summed E-state index contributed by atoms with van der Waals surface area (Å²) in [5.41, 5.74) is 0. The Morgan fingerprint density at radius 2 is 0.426 bits per heavy atom. The van der Waals surface area contributed by atoms with Gasteiger partial charge in [0.1, 0.15) is 0 Å². The minimum atomic E-state index is -3.00. The van der Waals surface area contributed by atoms with Crippen molar-refractivity contribution in [2.45, 2.75) is 58.9 Å². The monoisotopic (exact) mass is 906 g/mol. The second-order valence-electron chi connectivity index (χ2n) is 17.8. The molecule has 0 radical (unpaired) electrons. The molecule has 0 saturated heterocycles. The van der Waals surface area contributed by atoms with Crippen LogP contribution >= 0.6 is 0 Å². The lowest BCUT2D eigenvalue weighted by molar-refractivity contribution is 0.413. The maximum absolute atomic E-state index is 7.61. The van der Waals surface area contributed by atoms with Crippen molar-refractivity contribution >= 4 is 86.7 Å². The first kappa shape index (κ1) is 46.2. The first-order chi connectivity index (χ1) is 29.1. The molecule has 7 rings (SSSR count). The summed E-state index contributed by atoms with van der Waals surface area (Å²) in [7, 11) is -14.6. The van der Waals surface area contributed by atoms with Gasteiger partial charge in [0.05, 0.1) is 0 Å². The van der Waals surface area contributed by atoms with Gasteiger partial charge in [-0.05, 0) is 95.2 Å². The van der Waals surface area contributed by atoms with E-state index in [2.05, 4.69) is 271 Å². The molecule has 0 aliphatic heterocycles. The molecule has 0 spiro atoms. The van der Waals surface area contributed by atoms with Gasteiger partial charge in [0.15, 0.2) is 16.6 Å². The highest BCUT2D eigenvalue weighted by Crippen LogP contribution is 2.24. The fourth-order valence-corrected chi connectivity index (χ4v) is 33.2. The quantitative estimate of drug-likeness (QED) is 0.0966. The fourth-order valence-electron chi connectivity index (χ4n) is 7.85. The molecule has 0 aliphatic rings. The van der Waals surface area contributed by atoms with Gasteiger partial charge in [-0.2, -0.15) is 0 Å². The van der Waals surface area contributed by atoms with Crippen LogP contribution in [0.15, 0.2) is 212 Å². The Kier molecular flexibility index (Phi) is 15.0. The Morgan fingerprint density at radius 1 is 0.230 bits per heavy atom. The number of hydrogen-bond donors (Lipinski definition) is 0. The summed E-state index contributed by atoms with van der Waals surface area (Å²) < 4.78 is 29.0. The van der Waals surface area contributed by atoms with E-state index in [1.54, 1.807) is 0 Å². The molecule has 0 saturated carbocycles. The Bertz CT molecular complexity index is 2140. The maximum Gasteiger partial charge on any atom is 0.386 e. The molecular weight excluding hydrogens is 845 g/mol. The van der Waals surface area contributed by atoms with E-state index in [0.717, 1.165) is 5.19 Å². The second-order valence-corrected chi connectivity index (χ2v) is 40.8. The molecule has 0 aromatic heterocycles. The van der Waals surface area contributed by atoms with E-state index in [4.69, 9.17) is 16.5 Å². The second kappa shape index (κ2) is 19.8. The van der Waals surface area contributed by atoms with Crippen molar-refractivity contribution < 1.29 is 16.5 Å². The lowest BCUT2D eigenvalue weighted by Crippen LogP contribution is -2.72. The minimum absolute atomic E-state index is 1.15. The Balaban J connectivity index is 0.000000232. The zero-order chi connectivity index (χ0) is 43.6. The van der Waals surface area contributed by atoms with Gasteiger partial charge in [0.25, 0.3) is 0 Å². The van der Waals surface area contributed by atoms with Crippen molar-refractivity contribution in [2.75, 3.05) is 0 Å². The van der Waals surface area contributed by atoms with Gasteiger partial charge >= 0.3 is 17.1 Å². The first-order valence-corrected chi connectivity index (χ1v) is 37.0. The van der Waals surface area contributed by atoms with Gasteiger partial charge in [0, 0.05) is 0 Å². The fraction of sp³-hybridized carbons (Fsp3) is 0.176. The van der Waals surface area contributed by atoms with Gasteiger partial charge < -0.3 is 16.5 Å². The molecule has 0 fully saturated rings. The molecule has 61 heavy (non-hydrogen) atoms. The summed E-state index contributed by atoms with van der Waals surface area (Å²) in [6, 6.07) is 74.6. The molecule has 7 aromatic carbocycles. The molecule has 0 N–H and O–H groups in total. The highest BCUT2D eigenvalue weighted by Gasteiger charge is 2.51. The van der Waals surface area contributed by atoms with Crippen LogP contribution in [0.2, 0.25) is 58.9 Å². The molecule has 0 aliphatic carbocycles. The zero-order valence-electron chi connectivity index (χ0n) is 37.3. The number of rotatable bonds is 15. The Morgan fingerprint density at radius 3 is 0.639 bits per heavy atom. The van der Waals surface area contributed by atoms with E-state index in [0.29, 0.717) is 0 Å². The van der Waals surface area contributed by atoms with E-state index in [-0.39, 0.29) is 0 Å². The van der Waals surface area contributed by atoms with Crippen LogP contribution in [0.1, 0.15) is 0 Å². The predicted octanol–water partition coefficient (Wildman–Crippen LogP) is 8.72. The van der Waals surface area contributed by atoms with Crippen molar-refractivity contribution in [2.24, 2.45) is 0 Å². The topological polar surface area (TPSA) is 36.9 Å². The highest BCUT2D eigenvalue weighted by atomic mass is 28.5.